The highest BCUT2D eigenvalue weighted by atomic mass is 16.7. The van der Waals surface area contributed by atoms with Crippen LogP contribution in [0.15, 0.2) is 30.3 Å². The van der Waals surface area contributed by atoms with Gasteiger partial charge in [0.05, 0.1) is 19.8 Å². The van der Waals surface area contributed by atoms with Gasteiger partial charge < -0.3 is 14.2 Å². The summed E-state index contributed by atoms with van der Waals surface area (Å²) >= 11 is 0. The van der Waals surface area contributed by atoms with Crippen molar-refractivity contribution in [2.45, 2.75) is 19.1 Å². The molecule has 4 heteroatoms. The summed E-state index contributed by atoms with van der Waals surface area (Å²) in [5.41, 5.74) is 0.852. The van der Waals surface area contributed by atoms with Crippen LogP contribution in [0.1, 0.15) is 18.9 Å². The molecule has 1 aromatic carbocycles. The van der Waals surface area contributed by atoms with Gasteiger partial charge in [-0.05, 0) is 6.92 Å². The second-order valence-electron chi connectivity index (χ2n) is 3.80. The van der Waals surface area contributed by atoms with Crippen molar-refractivity contribution in [2.24, 2.45) is 0 Å². The molecule has 0 N–H and O–H groups in total. The smallest absolute Gasteiger partial charge is 0.311 e. The maximum atomic E-state index is 11.6. The molecule has 1 aliphatic rings. The fraction of sp³-hybridized carbons (Fsp3) is 0.462. The van der Waals surface area contributed by atoms with Gasteiger partial charge in [-0.1, -0.05) is 30.3 Å². The van der Waals surface area contributed by atoms with Gasteiger partial charge in [0, 0.05) is 5.56 Å². The normalized spacial score (nSPS) is 17.9. The molecule has 0 radical (unpaired) electrons. The van der Waals surface area contributed by atoms with E-state index in [0.717, 1.165) is 5.56 Å². The largest absolute Gasteiger partial charge is 0.466 e. The van der Waals surface area contributed by atoms with Gasteiger partial charge in [-0.15, -0.1) is 0 Å². The van der Waals surface area contributed by atoms with Crippen LogP contribution >= 0.6 is 0 Å². The highest BCUT2D eigenvalue weighted by molar-refractivity contribution is 5.70. The molecule has 4 nitrogen and oxygen atoms in total. The van der Waals surface area contributed by atoms with Crippen LogP contribution in [0.3, 0.4) is 0 Å². The lowest BCUT2D eigenvalue weighted by atomic mass is 10.0. The molecule has 1 saturated heterocycles. The summed E-state index contributed by atoms with van der Waals surface area (Å²) in [7, 11) is 0. The molecule has 0 spiro atoms. The first-order valence-corrected chi connectivity index (χ1v) is 5.76. The minimum atomic E-state index is -0.965. The van der Waals surface area contributed by atoms with Crippen molar-refractivity contribution >= 4 is 5.97 Å². The molecule has 1 heterocycles. The summed E-state index contributed by atoms with van der Waals surface area (Å²) in [6.07, 6.45) is 0.0881. The molecule has 17 heavy (non-hydrogen) atoms. The summed E-state index contributed by atoms with van der Waals surface area (Å²) in [5.74, 6) is -1.27. The van der Waals surface area contributed by atoms with Crippen molar-refractivity contribution in [2.75, 3.05) is 19.8 Å². The third-order valence-corrected chi connectivity index (χ3v) is 2.65. The Morgan fingerprint density at radius 3 is 2.53 bits per heavy atom. The number of carbonyl (C=O) groups excluding carboxylic acids is 1. The van der Waals surface area contributed by atoms with Gasteiger partial charge in [-0.3, -0.25) is 4.79 Å². The maximum absolute atomic E-state index is 11.6. The van der Waals surface area contributed by atoms with E-state index < -0.39 is 5.79 Å². The fourth-order valence-electron chi connectivity index (χ4n) is 1.92. The van der Waals surface area contributed by atoms with Crippen molar-refractivity contribution in [3.8, 4) is 0 Å². The first-order chi connectivity index (χ1) is 8.27. The predicted molar refractivity (Wildman–Crippen MR) is 61.3 cm³/mol. The zero-order valence-electron chi connectivity index (χ0n) is 9.85. The summed E-state index contributed by atoms with van der Waals surface area (Å²) in [6.45, 7) is 3.13. The van der Waals surface area contributed by atoms with Gasteiger partial charge >= 0.3 is 5.97 Å². The molecule has 1 fully saturated rings. The van der Waals surface area contributed by atoms with Crippen LogP contribution in [0.4, 0.5) is 0 Å². The topological polar surface area (TPSA) is 44.8 Å². The molecule has 0 amide bonds. The highest BCUT2D eigenvalue weighted by Crippen LogP contribution is 2.34. The second kappa shape index (κ2) is 5.29. The lowest BCUT2D eigenvalue weighted by Gasteiger charge is -2.26. The molecular weight excluding hydrogens is 220 g/mol. The molecule has 1 aromatic rings. The lowest BCUT2D eigenvalue weighted by molar-refractivity contribution is -0.188. The average Bonchev–Trinajstić information content (AvgIpc) is 2.80. The average molecular weight is 236 g/mol. The van der Waals surface area contributed by atoms with Crippen LogP contribution in [0.25, 0.3) is 0 Å². The molecule has 0 saturated carbocycles. The number of ether oxygens (including phenoxy) is 3. The van der Waals surface area contributed by atoms with E-state index in [1.54, 1.807) is 6.92 Å². The van der Waals surface area contributed by atoms with E-state index in [2.05, 4.69) is 0 Å². The molecule has 0 bridgehead atoms. The van der Waals surface area contributed by atoms with Gasteiger partial charge in [0.2, 0.25) is 5.79 Å². The van der Waals surface area contributed by atoms with Crippen LogP contribution in [-0.2, 0) is 24.8 Å². The van der Waals surface area contributed by atoms with Crippen molar-refractivity contribution in [1.82, 2.24) is 0 Å². The summed E-state index contributed by atoms with van der Waals surface area (Å²) in [5, 5.41) is 0. The summed E-state index contributed by atoms with van der Waals surface area (Å²) in [6, 6.07) is 9.49. The minimum Gasteiger partial charge on any atom is -0.466 e. The second-order valence-corrected chi connectivity index (χ2v) is 3.80. The first kappa shape index (κ1) is 12.1. The molecule has 0 unspecified atom stereocenters. The van der Waals surface area contributed by atoms with E-state index in [9.17, 15) is 4.79 Å². The zero-order chi connectivity index (χ0) is 12.1. The third-order valence-electron chi connectivity index (χ3n) is 2.65. The Morgan fingerprint density at radius 1 is 1.29 bits per heavy atom. The van der Waals surface area contributed by atoms with Crippen LogP contribution in [0.2, 0.25) is 0 Å². The molecule has 0 aromatic heterocycles. The van der Waals surface area contributed by atoms with Gasteiger partial charge in [-0.25, -0.2) is 0 Å². The van der Waals surface area contributed by atoms with E-state index in [-0.39, 0.29) is 12.4 Å². The highest BCUT2D eigenvalue weighted by Gasteiger charge is 2.41. The SMILES string of the molecule is CCOC(=O)CC1(c2ccccc2)OCCO1. The first-order valence-electron chi connectivity index (χ1n) is 5.76. The Labute approximate surface area is 100 Å². The van der Waals surface area contributed by atoms with Crippen LogP contribution in [-0.4, -0.2) is 25.8 Å². The standard InChI is InChI=1S/C13H16O4/c1-2-15-12(14)10-13(16-8-9-17-13)11-6-4-3-5-7-11/h3-7H,2,8-10H2,1H3. The Balaban J connectivity index is 2.18. The molecule has 92 valence electrons. The third kappa shape index (κ3) is 2.65. The molecular formula is C13H16O4. The van der Waals surface area contributed by atoms with E-state index in [1.165, 1.54) is 0 Å². The van der Waals surface area contributed by atoms with Crippen LogP contribution < -0.4 is 0 Å². The minimum absolute atomic E-state index is 0.0881. The van der Waals surface area contributed by atoms with Gasteiger partial charge in [-0.2, -0.15) is 0 Å². The number of esters is 1. The quantitative estimate of drug-likeness (QED) is 0.748. The predicted octanol–water partition coefficient (Wildman–Crippen LogP) is 1.84. The number of carbonyl (C=O) groups is 1. The maximum Gasteiger partial charge on any atom is 0.311 e. The molecule has 0 aliphatic carbocycles. The monoisotopic (exact) mass is 236 g/mol. The van der Waals surface area contributed by atoms with Crippen molar-refractivity contribution in [1.29, 1.82) is 0 Å². The Bertz CT molecular complexity index is 368. The summed E-state index contributed by atoms with van der Waals surface area (Å²) < 4.78 is 16.2. The zero-order valence-corrected chi connectivity index (χ0v) is 9.85. The van der Waals surface area contributed by atoms with Gasteiger partial charge in [0.1, 0.15) is 6.42 Å². The van der Waals surface area contributed by atoms with Crippen molar-refractivity contribution in [3.05, 3.63) is 35.9 Å². The Hall–Kier alpha value is -1.39. The number of hydrogen-bond acceptors (Lipinski definition) is 4. The molecule has 0 atom stereocenters. The van der Waals surface area contributed by atoms with Gasteiger partial charge in [0.15, 0.2) is 0 Å². The van der Waals surface area contributed by atoms with Crippen molar-refractivity contribution in [3.63, 3.8) is 0 Å². The summed E-state index contributed by atoms with van der Waals surface area (Å²) in [4.78, 5) is 11.6. The number of rotatable bonds is 4. The Morgan fingerprint density at radius 2 is 1.94 bits per heavy atom. The number of benzene rings is 1. The van der Waals surface area contributed by atoms with Crippen LogP contribution in [0, 0.1) is 0 Å². The van der Waals surface area contributed by atoms with E-state index in [0.29, 0.717) is 19.8 Å². The van der Waals surface area contributed by atoms with E-state index >= 15 is 0 Å². The van der Waals surface area contributed by atoms with E-state index in [4.69, 9.17) is 14.2 Å². The molecule has 1 aliphatic heterocycles. The number of hydrogen-bond donors (Lipinski definition) is 0. The van der Waals surface area contributed by atoms with Crippen molar-refractivity contribution < 1.29 is 19.0 Å². The fourth-order valence-corrected chi connectivity index (χ4v) is 1.92. The molecule has 2 rings (SSSR count). The Kier molecular flexibility index (Phi) is 3.76. The van der Waals surface area contributed by atoms with Crippen LogP contribution in [0.5, 0.6) is 0 Å². The van der Waals surface area contributed by atoms with E-state index in [1.807, 2.05) is 30.3 Å². The van der Waals surface area contributed by atoms with Gasteiger partial charge in [0.25, 0.3) is 0 Å². The lowest BCUT2D eigenvalue weighted by Crippen LogP contribution is -2.31.